The number of benzene rings is 2. The van der Waals surface area contributed by atoms with Gasteiger partial charge in [-0.1, -0.05) is 81.4 Å². The van der Waals surface area contributed by atoms with Crippen molar-refractivity contribution >= 4 is 18.7 Å². The molecule has 0 amide bonds. The van der Waals surface area contributed by atoms with Crippen LogP contribution in [-0.2, 0) is 13.9 Å². The van der Waals surface area contributed by atoms with E-state index in [2.05, 4.69) is 69.3 Å². The maximum atomic E-state index is 10.7. The van der Waals surface area contributed by atoms with Crippen LogP contribution in [0.4, 0.5) is 0 Å². The van der Waals surface area contributed by atoms with Crippen molar-refractivity contribution in [2.75, 3.05) is 19.8 Å². The Bertz CT molecular complexity index is 705. The van der Waals surface area contributed by atoms with E-state index in [1.54, 1.807) is 0 Å². The summed E-state index contributed by atoms with van der Waals surface area (Å²) < 4.78 is 18.3. The molecule has 3 rings (SSSR count). The molecule has 1 fully saturated rings. The van der Waals surface area contributed by atoms with Crippen LogP contribution >= 0.6 is 0 Å². The first-order valence-corrected chi connectivity index (χ1v) is 12.5. The van der Waals surface area contributed by atoms with Crippen molar-refractivity contribution < 1.29 is 19.0 Å². The first-order chi connectivity index (χ1) is 13.9. The minimum absolute atomic E-state index is 0.0617. The Labute approximate surface area is 176 Å². The summed E-state index contributed by atoms with van der Waals surface area (Å²) in [6.45, 7) is 10.2. The predicted molar refractivity (Wildman–Crippen MR) is 119 cm³/mol. The quantitative estimate of drug-likeness (QED) is 0.706. The molecule has 0 unspecified atom stereocenters. The molecule has 0 bridgehead atoms. The highest BCUT2D eigenvalue weighted by Gasteiger charge is 2.50. The van der Waals surface area contributed by atoms with Gasteiger partial charge < -0.3 is 19.0 Å². The largest absolute Gasteiger partial charge is 0.407 e. The Morgan fingerprint density at radius 1 is 1.00 bits per heavy atom. The summed E-state index contributed by atoms with van der Waals surface area (Å²) in [5.41, 5.74) is 0. The second-order valence-corrected chi connectivity index (χ2v) is 13.1. The van der Waals surface area contributed by atoms with Crippen molar-refractivity contribution in [3.63, 3.8) is 0 Å². The van der Waals surface area contributed by atoms with Crippen molar-refractivity contribution in [3.8, 4) is 0 Å². The van der Waals surface area contributed by atoms with Crippen molar-refractivity contribution in [3.05, 3.63) is 60.7 Å². The van der Waals surface area contributed by atoms with Crippen molar-refractivity contribution in [1.82, 2.24) is 0 Å². The summed E-state index contributed by atoms with van der Waals surface area (Å²) in [5, 5.41) is 13.1. The monoisotopic (exact) mass is 414 g/mol. The van der Waals surface area contributed by atoms with Crippen LogP contribution < -0.4 is 10.4 Å². The lowest BCUT2D eigenvalue weighted by molar-refractivity contribution is -0.204. The lowest BCUT2D eigenvalue weighted by atomic mass is 9.99. The molecular weight excluding hydrogens is 380 g/mol. The second kappa shape index (κ2) is 9.54. The van der Waals surface area contributed by atoms with Gasteiger partial charge in [0, 0.05) is 25.6 Å². The van der Waals surface area contributed by atoms with Crippen LogP contribution in [0.15, 0.2) is 60.7 Å². The SMILES string of the molecule is CCO[C@H]1C[C@H](O)[C@H](CO[Si](c2ccccc2)(c2ccccc2)C(C)(C)C)CO1. The molecule has 0 radical (unpaired) electrons. The Kier molecular flexibility index (Phi) is 7.30. The third-order valence-electron chi connectivity index (χ3n) is 5.76. The number of rotatable bonds is 7. The fraction of sp³-hybridized carbons (Fsp3) is 0.500. The number of hydrogen-bond donors (Lipinski definition) is 1. The molecule has 5 heteroatoms. The van der Waals surface area contributed by atoms with Gasteiger partial charge in [0.1, 0.15) is 0 Å². The van der Waals surface area contributed by atoms with Crippen LogP contribution in [-0.4, -0.2) is 45.6 Å². The van der Waals surface area contributed by atoms with E-state index in [0.29, 0.717) is 26.2 Å². The molecule has 3 atom stereocenters. The molecule has 29 heavy (non-hydrogen) atoms. The Hall–Kier alpha value is -1.50. The summed E-state index contributed by atoms with van der Waals surface area (Å²) >= 11 is 0. The first kappa shape index (κ1) is 22.2. The fourth-order valence-corrected chi connectivity index (χ4v) is 8.87. The lowest BCUT2D eigenvalue weighted by Gasteiger charge is -2.44. The highest BCUT2D eigenvalue weighted by Crippen LogP contribution is 2.37. The summed E-state index contributed by atoms with van der Waals surface area (Å²) in [5.74, 6) is -0.0617. The molecule has 0 saturated carbocycles. The molecule has 1 aliphatic heterocycles. The molecule has 1 aliphatic rings. The molecule has 158 valence electrons. The van der Waals surface area contributed by atoms with Crippen LogP contribution in [0.25, 0.3) is 0 Å². The van der Waals surface area contributed by atoms with E-state index in [4.69, 9.17) is 13.9 Å². The topological polar surface area (TPSA) is 47.9 Å². The lowest BCUT2D eigenvalue weighted by Crippen LogP contribution is -2.67. The van der Waals surface area contributed by atoms with E-state index in [0.717, 1.165) is 0 Å². The molecular formula is C24H34O4Si. The second-order valence-electron chi connectivity index (χ2n) is 8.76. The molecule has 1 saturated heterocycles. The normalized spacial score (nSPS) is 23.1. The van der Waals surface area contributed by atoms with Gasteiger partial charge in [0.25, 0.3) is 8.32 Å². The standard InChI is InChI=1S/C24H34O4Si/c1-5-26-23-16-22(25)19(17-27-23)18-28-29(24(2,3)4,20-12-8-6-9-13-20)21-14-10-7-11-15-21/h6-15,19,22-23,25H,5,16-18H2,1-4H3/t19-,22-,23+/m0/s1. The molecule has 0 aliphatic carbocycles. The van der Waals surface area contributed by atoms with Gasteiger partial charge in [0.2, 0.25) is 0 Å². The molecule has 2 aromatic rings. The predicted octanol–water partition coefficient (Wildman–Crippen LogP) is 3.32. The smallest absolute Gasteiger partial charge is 0.261 e. The zero-order valence-electron chi connectivity index (χ0n) is 18.0. The van der Waals surface area contributed by atoms with Gasteiger partial charge in [-0.2, -0.15) is 0 Å². The average Bonchev–Trinajstić information content (AvgIpc) is 2.71. The first-order valence-electron chi connectivity index (χ1n) is 10.5. The molecule has 1 N–H and O–H groups in total. The van der Waals surface area contributed by atoms with Crippen molar-refractivity contribution in [2.45, 2.75) is 51.5 Å². The van der Waals surface area contributed by atoms with E-state index in [1.165, 1.54) is 10.4 Å². The molecule has 0 spiro atoms. The van der Waals surface area contributed by atoms with E-state index >= 15 is 0 Å². The number of hydrogen-bond acceptors (Lipinski definition) is 4. The highest BCUT2D eigenvalue weighted by atomic mass is 28.4. The molecule has 2 aromatic carbocycles. The Morgan fingerprint density at radius 2 is 1.55 bits per heavy atom. The average molecular weight is 415 g/mol. The zero-order valence-corrected chi connectivity index (χ0v) is 19.0. The summed E-state index contributed by atoms with van der Waals surface area (Å²) in [7, 11) is -2.59. The van der Waals surface area contributed by atoms with Gasteiger partial charge >= 0.3 is 0 Å². The van der Waals surface area contributed by atoms with Gasteiger partial charge in [0.05, 0.1) is 12.7 Å². The van der Waals surface area contributed by atoms with Gasteiger partial charge in [-0.15, -0.1) is 0 Å². The summed E-state index contributed by atoms with van der Waals surface area (Å²) in [6, 6.07) is 21.2. The van der Waals surface area contributed by atoms with Crippen LogP contribution in [0.1, 0.15) is 34.1 Å². The third kappa shape index (κ3) is 4.81. The van der Waals surface area contributed by atoms with Gasteiger partial charge in [-0.05, 0) is 22.3 Å². The molecule has 0 aromatic heterocycles. The fourth-order valence-electron chi connectivity index (χ4n) is 4.25. The van der Waals surface area contributed by atoms with Crippen LogP contribution in [0.2, 0.25) is 5.04 Å². The Morgan fingerprint density at radius 3 is 2.00 bits per heavy atom. The maximum absolute atomic E-state index is 10.7. The van der Waals surface area contributed by atoms with Gasteiger partial charge in [0.15, 0.2) is 6.29 Å². The minimum atomic E-state index is -2.59. The van der Waals surface area contributed by atoms with E-state index in [9.17, 15) is 5.11 Å². The van der Waals surface area contributed by atoms with Crippen LogP contribution in [0, 0.1) is 5.92 Å². The summed E-state index contributed by atoms with van der Waals surface area (Å²) in [6.07, 6.45) is -0.319. The Balaban J connectivity index is 1.91. The van der Waals surface area contributed by atoms with E-state index < -0.39 is 14.4 Å². The minimum Gasteiger partial charge on any atom is -0.407 e. The maximum Gasteiger partial charge on any atom is 0.261 e. The van der Waals surface area contributed by atoms with Crippen LogP contribution in [0.3, 0.4) is 0 Å². The van der Waals surface area contributed by atoms with Crippen molar-refractivity contribution in [2.24, 2.45) is 5.92 Å². The summed E-state index contributed by atoms with van der Waals surface area (Å²) in [4.78, 5) is 0. The van der Waals surface area contributed by atoms with Gasteiger partial charge in [-0.3, -0.25) is 0 Å². The number of aliphatic hydroxyl groups is 1. The van der Waals surface area contributed by atoms with E-state index in [-0.39, 0.29) is 17.2 Å². The third-order valence-corrected chi connectivity index (χ3v) is 10.8. The highest BCUT2D eigenvalue weighted by molar-refractivity contribution is 6.99. The van der Waals surface area contributed by atoms with Gasteiger partial charge in [-0.25, -0.2) is 0 Å². The number of ether oxygens (including phenoxy) is 2. The molecule has 1 heterocycles. The molecule has 4 nitrogen and oxygen atoms in total. The number of aliphatic hydroxyl groups excluding tert-OH is 1. The van der Waals surface area contributed by atoms with E-state index in [1.807, 2.05) is 19.1 Å². The van der Waals surface area contributed by atoms with Crippen LogP contribution in [0.5, 0.6) is 0 Å². The van der Waals surface area contributed by atoms with Crippen molar-refractivity contribution in [1.29, 1.82) is 0 Å². The zero-order chi connectivity index (χ0) is 20.9.